The van der Waals surface area contributed by atoms with Crippen molar-refractivity contribution in [3.63, 3.8) is 0 Å². The lowest BCUT2D eigenvalue weighted by Gasteiger charge is -2.20. The third-order valence-corrected chi connectivity index (χ3v) is 4.85. The van der Waals surface area contributed by atoms with Gasteiger partial charge in [0.25, 0.3) is 5.69 Å². The Hall–Kier alpha value is -1.07. The van der Waals surface area contributed by atoms with Gasteiger partial charge in [-0.1, -0.05) is 25.5 Å². The second-order valence-electron chi connectivity index (χ2n) is 4.84. The number of hydrogen-bond acceptors (Lipinski definition) is 4. The molecule has 4 nitrogen and oxygen atoms in total. The van der Waals surface area contributed by atoms with Gasteiger partial charge in [0.05, 0.1) is 4.92 Å². The zero-order valence-electron chi connectivity index (χ0n) is 11.2. The Balaban J connectivity index is 1.91. The first-order valence-corrected chi connectivity index (χ1v) is 7.84. The van der Waals surface area contributed by atoms with Gasteiger partial charge in [-0.05, 0) is 24.2 Å². The van der Waals surface area contributed by atoms with Gasteiger partial charge in [0.15, 0.2) is 0 Å². The molecular formula is C14H20N2O2S. The maximum absolute atomic E-state index is 10.7. The van der Waals surface area contributed by atoms with Crippen LogP contribution in [0.15, 0.2) is 24.3 Å². The minimum absolute atomic E-state index is 0.171. The molecule has 1 aromatic rings. The van der Waals surface area contributed by atoms with E-state index in [2.05, 4.69) is 12.2 Å². The molecule has 104 valence electrons. The monoisotopic (exact) mass is 280 g/mol. The van der Waals surface area contributed by atoms with Gasteiger partial charge in [0, 0.05) is 30.0 Å². The van der Waals surface area contributed by atoms with E-state index in [-0.39, 0.29) is 10.6 Å². The van der Waals surface area contributed by atoms with Gasteiger partial charge in [-0.3, -0.25) is 10.1 Å². The highest BCUT2D eigenvalue weighted by molar-refractivity contribution is 7.99. The predicted molar refractivity (Wildman–Crippen MR) is 79.5 cm³/mol. The zero-order valence-corrected chi connectivity index (χ0v) is 12.0. The topological polar surface area (TPSA) is 55.2 Å². The van der Waals surface area contributed by atoms with Crippen molar-refractivity contribution in [2.45, 2.75) is 44.0 Å². The maximum Gasteiger partial charge on any atom is 0.269 e. The summed E-state index contributed by atoms with van der Waals surface area (Å²) >= 11 is 2.02. The summed E-state index contributed by atoms with van der Waals surface area (Å²) in [6.45, 7) is 2.91. The average molecular weight is 280 g/mol. The Labute approximate surface area is 118 Å². The number of nitro groups is 1. The van der Waals surface area contributed by atoms with E-state index in [0.717, 1.165) is 11.3 Å². The summed E-state index contributed by atoms with van der Waals surface area (Å²) in [5.74, 6) is 1.15. The van der Waals surface area contributed by atoms with Crippen LogP contribution in [0.5, 0.6) is 0 Å². The van der Waals surface area contributed by atoms with Crippen LogP contribution < -0.4 is 5.32 Å². The number of nitro benzene ring substituents is 1. The van der Waals surface area contributed by atoms with Crippen molar-refractivity contribution in [2.75, 3.05) is 5.75 Å². The number of non-ortho nitro benzene ring substituents is 1. The van der Waals surface area contributed by atoms with Gasteiger partial charge in [-0.2, -0.15) is 11.8 Å². The van der Waals surface area contributed by atoms with Crippen LogP contribution in [-0.4, -0.2) is 22.0 Å². The van der Waals surface area contributed by atoms with E-state index < -0.39 is 0 Å². The van der Waals surface area contributed by atoms with Crippen molar-refractivity contribution in [3.05, 3.63) is 39.9 Å². The van der Waals surface area contributed by atoms with E-state index in [0.29, 0.717) is 17.8 Å². The fourth-order valence-electron chi connectivity index (χ4n) is 2.60. The van der Waals surface area contributed by atoms with Crippen LogP contribution in [0.1, 0.15) is 31.7 Å². The maximum atomic E-state index is 10.7. The summed E-state index contributed by atoms with van der Waals surface area (Å²) in [6.07, 6.45) is 3.78. The summed E-state index contributed by atoms with van der Waals surface area (Å²) in [5, 5.41) is 15.0. The lowest BCUT2D eigenvalue weighted by Crippen LogP contribution is -2.33. The van der Waals surface area contributed by atoms with Crippen LogP contribution >= 0.6 is 11.8 Å². The van der Waals surface area contributed by atoms with Gasteiger partial charge in [-0.15, -0.1) is 0 Å². The molecule has 0 saturated heterocycles. The van der Waals surface area contributed by atoms with Gasteiger partial charge >= 0.3 is 0 Å². The molecule has 0 aromatic heterocycles. The number of rotatable bonds is 6. The molecule has 0 bridgehead atoms. The molecule has 0 radical (unpaired) electrons. The van der Waals surface area contributed by atoms with Crippen molar-refractivity contribution in [1.29, 1.82) is 0 Å². The Morgan fingerprint density at radius 3 is 3.05 bits per heavy atom. The highest BCUT2D eigenvalue weighted by Gasteiger charge is 2.26. The fourth-order valence-corrected chi connectivity index (χ4v) is 3.83. The van der Waals surface area contributed by atoms with Crippen molar-refractivity contribution >= 4 is 17.4 Å². The number of benzene rings is 1. The SMILES string of the molecule is CCSC1CCCC1NCc1cccc([N+](=O)[O-])c1. The van der Waals surface area contributed by atoms with Crippen molar-refractivity contribution in [1.82, 2.24) is 5.32 Å². The van der Waals surface area contributed by atoms with Crippen LogP contribution in [0.3, 0.4) is 0 Å². The van der Waals surface area contributed by atoms with Gasteiger partial charge in [-0.25, -0.2) is 0 Å². The predicted octanol–water partition coefficient (Wildman–Crippen LogP) is 3.36. The Bertz CT molecular complexity index is 439. The molecule has 1 fully saturated rings. The molecule has 1 N–H and O–H groups in total. The molecule has 0 amide bonds. The first-order valence-electron chi connectivity index (χ1n) is 6.79. The second-order valence-corrected chi connectivity index (χ2v) is 6.36. The molecule has 2 unspecified atom stereocenters. The lowest BCUT2D eigenvalue weighted by atomic mass is 10.1. The molecule has 1 aliphatic carbocycles. The minimum Gasteiger partial charge on any atom is -0.309 e. The molecule has 19 heavy (non-hydrogen) atoms. The summed E-state index contributed by atoms with van der Waals surface area (Å²) in [7, 11) is 0. The minimum atomic E-state index is -0.338. The van der Waals surface area contributed by atoms with Gasteiger partial charge < -0.3 is 5.32 Å². The molecular weight excluding hydrogens is 260 g/mol. The Morgan fingerprint density at radius 2 is 2.32 bits per heavy atom. The molecule has 2 rings (SSSR count). The first-order chi connectivity index (χ1) is 9.20. The largest absolute Gasteiger partial charge is 0.309 e. The molecule has 1 aliphatic rings. The van der Waals surface area contributed by atoms with Crippen molar-refractivity contribution in [2.24, 2.45) is 0 Å². The van der Waals surface area contributed by atoms with Crippen LogP contribution in [-0.2, 0) is 6.54 Å². The van der Waals surface area contributed by atoms with Crippen LogP contribution in [0.4, 0.5) is 5.69 Å². The Kier molecular flexibility index (Phi) is 5.22. The number of hydrogen-bond donors (Lipinski definition) is 1. The zero-order chi connectivity index (χ0) is 13.7. The fraction of sp³-hybridized carbons (Fsp3) is 0.571. The van der Waals surface area contributed by atoms with E-state index in [1.54, 1.807) is 12.1 Å². The molecule has 0 spiro atoms. The normalized spacial score (nSPS) is 22.6. The quantitative estimate of drug-likeness (QED) is 0.641. The van der Waals surface area contributed by atoms with Crippen LogP contribution in [0.25, 0.3) is 0 Å². The third kappa shape index (κ3) is 3.94. The summed E-state index contributed by atoms with van der Waals surface area (Å²) in [5.41, 5.74) is 1.16. The summed E-state index contributed by atoms with van der Waals surface area (Å²) in [6, 6.07) is 7.43. The second kappa shape index (κ2) is 6.91. The van der Waals surface area contributed by atoms with E-state index in [4.69, 9.17) is 0 Å². The highest BCUT2D eigenvalue weighted by Crippen LogP contribution is 2.30. The Morgan fingerprint density at radius 1 is 1.47 bits per heavy atom. The number of nitrogens with one attached hydrogen (secondary N) is 1. The standard InChI is InChI=1S/C14H20N2O2S/c1-2-19-14-8-4-7-13(14)15-10-11-5-3-6-12(9-11)16(17)18/h3,5-6,9,13-15H,2,4,7-8,10H2,1H3. The smallest absolute Gasteiger partial charge is 0.269 e. The molecule has 0 aliphatic heterocycles. The average Bonchev–Trinajstić information content (AvgIpc) is 2.85. The van der Waals surface area contributed by atoms with Gasteiger partial charge in [0.1, 0.15) is 0 Å². The van der Waals surface area contributed by atoms with E-state index in [9.17, 15) is 10.1 Å². The van der Waals surface area contributed by atoms with Crippen LogP contribution in [0, 0.1) is 10.1 Å². The highest BCUT2D eigenvalue weighted by atomic mass is 32.2. The molecule has 1 saturated carbocycles. The van der Waals surface area contributed by atoms with E-state index in [1.165, 1.54) is 25.3 Å². The van der Waals surface area contributed by atoms with Crippen molar-refractivity contribution in [3.8, 4) is 0 Å². The molecule has 5 heteroatoms. The number of nitrogens with zero attached hydrogens (tertiary/aromatic N) is 1. The van der Waals surface area contributed by atoms with Gasteiger partial charge in [0.2, 0.25) is 0 Å². The molecule has 2 atom stereocenters. The van der Waals surface area contributed by atoms with Crippen molar-refractivity contribution < 1.29 is 4.92 Å². The summed E-state index contributed by atoms with van der Waals surface area (Å²) < 4.78 is 0. The summed E-state index contributed by atoms with van der Waals surface area (Å²) in [4.78, 5) is 10.4. The van der Waals surface area contributed by atoms with Crippen LogP contribution in [0.2, 0.25) is 0 Å². The molecule has 0 heterocycles. The number of thioether (sulfide) groups is 1. The third-order valence-electron chi connectivity index (χ3n) is 3.52. The molecule has 1 aromatic carbocycles. The van der Waals surface area contributed by atoms with E-state index in [1.807, 2.05) is 17.8 Å². The first kappa shape index (κ1) is 14.3. The van der Waals surface area contributed by atoms with E-state index >= 15 is 0 Å². The lowest BCUT2D eigenvalue weighted by molar-refractivity contribution is -0.384.